The molecule has 2 rings (SSSR count). The molecule has 134 valence electrons. The summed E-state index contributed by atoms with van der Waals surface area (Å²) in [6.07, 6.45) is -2.17. The fourth-order valence-corrected chi connectivity index (χ4v) is 4.34. The highest BCUT2D eigenvalue weighted by atomic mass is 32.1. The molecule has 1 aromatic rings. The SMILES string of the molecule is CCC(C)(C)C1CCc2c(sc(NC(=O)C(F)(F)F)c2C(=O)O)C1. The largest absolute Gasteiger partial charge is 0.478 e. The summed E-state index contributed by atoms with van der Waals surface area (Å²) in [7, 11) is 0. The zero-order valence-electron chi connectivity index (χ0n) is 13.7. The van der Waals surface area contributed by atoms with Gasteiger partial charge in [0.15, 0.2) is 0 Å². The van der Waals surface area contributed by atoms with Crippen molar-refractivity contribution in [3.05, 3.63) is 16.0 Å². The Morgan fingerprint density at radius 3 is 2.46 bits per heavy atom. The number of halogens is 3. The first-order chi connectivity index (χ1) is 11.0. The van der Waals surface area contributed by atoms with Crippen molar-refractivity contribution in [1.82, 2.24) is 0 Å². The molecule has 0 bridgehead atoms. The Morgan fingerprint density at radius 2 is 1.96 bits per heavy atom. The maximum absolute atomic E-state index is 12.5. The first-order valence-electron chi connectivity index (χ1n) is 7.73. The van der Waals surface area contributed by atoms with Crippen LogP contribution in [0.1, 0.15) is 54.4 Å². The van der Waals surface area contributed by atoms with E-state index in [4.69, 9.17) is 0 Å². The zero-order chi connectivity index (χ0) is 18.3. The summed E-state index contributed by atoms with van der Waals surface area (Å²) in [4.78, 5) is 23.4. The van der Waals surface area contributed by atoms with Gasteiger partial charge in [-0.2, -0.15) is 13.2 Å². The van der Waals surface area contributed by atoms with Crippen LogP contribution < -0.4 is 5.32 Å². The van der Waals surface area contributed by atoms with Crippen LogP contribution in [0.15, 0.2) is 0 Å². The highest BCUT2D eigenvalue weighted by molar-refractivity contribution is 7.17. The number of hydrogen-bond donors (Lipinski definition) is 2. The molecule has 0 radical (unpaired) electrons. The number of rotatable bonds is 4. The lowest BCUT2D eigenvalue weighted by Crippen LogP contribution is -2.30. The minimum absolute atomic E-state index is 0.0699. The maximum Gasteiger partial charge on any atom is 0.471 e. The quantitative estimate of drug-likeness (QED) is 0.828. The van der Waals surface area contributed by atoms with Gasteiger partial charge >= 0.3 is 18.1 Å². The average molecular weight is 363 g/mol. The third kappa shape index (κ3) is 3.58. The van der Waals surface area contributed by atoms with Crippen molar-refractivity contribution in [3.63, 3.8) is 0 Å². The Morgan fingerprint density at radius 1 is 1.33 bits per heavy atom. The highest BCUT2D eigenvalue weighted by Gasteiger charge is 2.41. The number of nitrogens with one attached hydrogen (secondary N) is 1. The van der Waals surface area contributed by atoms with E-state index in [2.05, 4.69) is 20.8 Å². The number of carbonyl (C=O) groups is 2. The Hall–Kier alpha value is -1.57. The topological polar surface area (TPSA) is 66.4 Å². The molecule has 2 N–H and O–H groups in total. The number of anilines is 1. The van der Waals surface area contributed by atoms with Crippen molar-refractivity contribution in [2.45, 2.75) is 52.6 Å². The molecule has 1 atom stereocenters. The predicted octanol–water partition coefficient (Wildman–Crippen LogP) is 4.49. The van der Waals surface area contributed by atoms with Gasteiger partial charge < -0.3 is 10.4 Å². The molecule has 8 heteroatoms. The second-order valence-electron chi connectivity index (χ2n) is 6.75. The molecule has 24 heavy (non-hydrogen) atoms. The summed E-state index contributed by atoms with van der Waals surface area (Å²) in [5.41, 5.74) is 0.439. The van der Waals surface area contributed by atoms with E-state index in [9.17, 15) is 27.9 Å². The summed E-state index contributed by atoms with van der Waals surface area (Å²) in [5, 5.41) is 10.9. The molecule has 1 heterocycles. The number of alkyl halides is 3. The number of amides is 1. The zero-order valence-corrected chi connectivity index (χ0v) is 14.5. The lowest BCUT2D eigenvalue weighted by atomic mass is 9.69. The van der Waals surface area contributed by atoms with Crippen LogP contribution in [0, 0.1) is 11.3 Å². The molecule has 0 aliphatic heterocycles. The Labute approximate surface area is 142 Å². The molecule has 0 spiro atoms. The lowest BCUT2D eigenvalue weighted by molar-refractivity contribution is -0.167. The Kier molecular flexibility index (Phi) is 4.99. The molecule has 1 aliphatic rings. The fraction of sp³-hybridized carbons (Fsp3) is 0.625. The number of carboxylic acid groups (broad SMARTS) is 1. The van der Waals surface area contributed by atoms with Gasteiger partial charge in [0.25, 0.3) is 0 Å². The molecule has 1 unspecified atom stereocenters. The number of fused-ring (bicyclic) bond motifs is 1. The minimum atomic E-state index is -5.05. The summed E-state index contributed by atoms with van der Waals surface area (Å²) in [5.74, 6) is -3.12. The van der Waals surface area contributed by atoms with Crippen LogP contribution in [0.25, 0.3) is 0 Å². The summed E-state index contributed by atoms with van der Waals surface area (Å²) in [6, 6.07) is 0. The van der Waals surface area contributed by atoms with E-state index in [1.807, 2.05) is 0 Å². The minimum Gasteiger partial charge on any atom is -0.478 e. The van der Waals surface area contributed by atoms with Crippen molar-refractivity contribution in [3.8, 4) is 0 Å². The number of carbonyl (C=O) groups excluding carboxylic acids is 1. The predicted molar refractivity (Wildman–Crippen MR) is 85.6 cm³/mol. The average Bonchev–Trinajstić information content (AvgIpc) is 2.83. The van der Waals surface area contributed by atoms with E-state index in [-0.39, 0.29) is 16.0 Å². The van der Waals surface area contributed by atoms with E-state index in [1.54, 1.807) is 5.32 Å². The van der Waals surface area contributed by atoms with Crippen molar-refractivity contribution in [2.24, 2.45) is 11.3 Å². The monoisotopic (exact) mass is 363 g/mol. The molecule has 0 saturated carbocycles. The van der Waals surface area contributed by atoms with E-state index < -0.39 is 18.1 Å². The van der Waals surface area contributed by atoms with Crippen molar-refractivity contribution in [1.29, 1.82) is 0 Å². The smallest absolute Gasteiger partial charge is 0.471 e. The van der Waals surface area contributed by atoms with Crippen molar-refractivity contribution in [2.75, 3.05) is 5.32 Å². The van der Waals surface area contributed by atoms with Crippen LogP contribution in [-0.4, -0.2) is 23.2 Å². The summed E-state index contributed by atoms with van der Waals surface area (Å²) >= 11 is 0.952. The molecule has 0 fully saturated rings. The van der Waals surface area contributed by atoms with Crippen molar-refractivity contribution >= 4 is 28.2 Å². The van der Waals surface area contributed by atoms with Gasteiger partial charge in [0.1, 0.15) is 5.00 Å². The van der Waals surface area contributed by atoms with Crippen LogP contribution in [-0.2, 0) is 17.6 Å². The van der Waals surface area contributed by atoms with Gasteiger partial charge in [0, 0.05) is 4.88 Å². The first-order valence-corrected chi connectivity index (χ1v) is 8.55. The molecular formula is C16H20F3NO3S. The second-order valence-corrected chi connectivity index (χ2v) is 7.85. The normalized spacial score (nSPS) is 18.2. The van der Waals surface area contributed by atoms with Gasteiger partial charge in [-0.15, -0.1) is 11.3 Å². The first kappa shape index (κ1) is 18.8. The Bertz CT molecular complexity index is 664. The third-order valence-electron chi connectivity index (χ3n) is 4.98. The molecule has 0 aromatic carbocycles. The maximum atomic E-state index is 12.5. The van der Waals surface area contributed by atoms with Crippen molar-refractivity contribution < 1.29 is 27.9 Å². The van der Waals surface area contributed by atoms with E-state index >= 15 is 0 Å². The van der Waals surface area contributed by atoms with Gasteiger partial charge in [0.05, 0.1) is 5.56 Å². The third-order valence-corrected chi connectivity index (χ3v) is 6.15. The number of carboxylic acids is 1. The molecule has 1 aliphatic carbocycles. The summed E-state index contributed by atoms with van der Waals surface area (Å²) < 4.78 is 37.4. The second kappa shape index (κ2) is 6.38. The standard InChI is InChI=1S/C16H20F3NO3S/c1-4-15(2,3)8-5-6-9-10(7-8)24-12(11(9)13(21)22)20-14(23)16(17,18)19/h8H,4-7H2,1-3H3,(H,20,23)(H,21,22). The molecular weight excluding hydrogens is 343 g/mol. The molecule has 4 nitrogen and oxygen atoms in total. The highest BCUT2D eigenvalue weighted by Crippen LogP contribution is 2.45. The van der Waals surface area contributed by atoms with Gasteiger partial charge in [-0.25, -0.2) is 4.79 Å². The summed E-state index contributed by atoms with van der Waals surface area (Å²) in [6.45, 7) is 6.36. The van der Waals surface area contributed by atoms with Crippen LogP contribution in [0.4, 0.5) is 18.2 Å². The van der Waals surface area contributed by atoms with Crippen LogP contribution >= 0.6 is 11.3 Å². The van der Waals surface area contributed by atoms with Crippen LogP contribution in [0.5, 0.6) is 0 Å². The number of thiophene rings is 1. The molecule has 1 aromatic heterocycles. The van der Waals surface area contributed by atoms with Crippen LogP contribution in [0.2, 0.25) is 0 Å². The van der Waals surface area contributed by atoms with Gasteiger partial charge in [-0.05, 0) is 36.2 Å². The van der Waals surface area contributed by atoms with E-state index in [1.165, 1.54) is 0 Å². The van der Waals surface area contributed by atoms with E-state index in [0.717, 1.165) is 29.1 Å². The molecule has 0 saturated heterocycles. The van der Waals surface area contributed by atoms with E-state index in [0.29, 0.717) is 24.3 Å². The Balaban J connectivity index is 2.36. The number of hydrogen-bond acceptors (Lipinski definition) is 3. The lowest BCUT2D eigenvalue weighted by Gasteiger charge is -2.36. The van der Waals surface area contributed by atoms with Gasteiger partial charge in [-0.1, -0.05) is 27.2 Å². The number of aromatic carboxylic acids is 1. The van der Waals surface area contributed by atoms with Gasteiger partial charge in [-0.3, -0.25) is 4.79 Å². The van der Waals surface area contributed by atoms with Crippen LogP contribution in [0.3, 0.4) is 0 Å². The van der Waals surface area contributed by atoms with Gasteiger partial charge in [0.2, 0.25) is 0 Å². The molecule has 1 amide bonds. The fourth-order valence-electron chi connectivity index (χ4n) is 3.03.